The zero-order chi connectivity index (χ0) is 20.1. The quantitative estimate of drug-likeness (QED) is 0.801. The third-order valence-electron chi connectivity index (χ3n) is 4.91. The first kappa shape index (κ1) is 21.4. The summed E-state index contributed by atoms with van der Waals surface area (Å²) in [7, 11) is 0. The Morgan fingerprint density at radius 3 is 2.22 bits per heavy atom. The van der Waals surface area contributed by atoms with Crippen molar-refractivity contribution in [2.24, 2.45) is 5.92 Å². The van der Waals surface area contributed by atoms with E-state index in [9.17, 15) is 9.59 Å². The molecule has 2 amide bonds. The van der Waals surface area contributed by atoms with Gasteiger partial charge in [0.15, 0.2) is 0 Å². The van der Waals surface area contributed by atoms with Gasteiger partial charge in [-0.05, 0) is 44.7 Å². The fourth-order valence-electron chi connectivity index (χ4n) is 3.80. The molecule has 1 aliphatic heterocycles. The van der Waals surface area contributed by atoms with E-state index in [4.69, 9.17) is 4.74 Å². The van der Waals surface area contributed by atoms with Crippen LogP contribution in [-0.2, 0) is 14.3 Å². The molecule has 0 spiro atoms. The third-order valence-corrected chi connectivity index (χ3v) is 4.91. The second kappa shape index (κ2) is 9.33. The topological polar surface area (TPSA) is 70.7 Å². The number of morpholine rings is 1. The van der Waals surface area contributed by atoms with E-state index in [-0.39, 0.29) is 42.5 Å². The molecular weight excluding hydrogens is 342 g/mol. The van der Waals surface area contributed by atoms with Gasteiger partial charge in [-0.1, -0.05) is 32.0 Å². The van der Waals surface area contributed by atoms with E-state index >= 15 is 0 Å². The summed E-state index contributed by atoms with van der Waals surface area (Å²) in [6.07, 6.45) is 0.185. The van der Waals surface area contributed by atoms with E-state index in [0.29, 0.717) is 0 Å². The number of ether oxygens (including phenoxy) is 1. The highest BCUT2D eigenvalue weighted by molar-refractivity contribution is 5.96. The summed E-state index contributed by atoms with van der Waals surface area (Å²) >= 11 is 0. The van der Waals surface area contributed by atoms with E-state index in [1.54, 1.807) is 0 Å². The first-order chi connectivity index (χ1) is 12.7. The minimum Gasteiger partial charge on any atom is -0.373 e. The lowest BCUT2D eigenvalue weighted by Crippen LogP contribution is -2.57. The van der Waals surface area contributed by atoms with E-state index < -0.39 is 0 Å². The van der Waals surface area contributed by atoms with Gasteiger partial charge in [0.1, 0.15) is 0 Å². The van der Waals surface area contributed by atoms with Gasteiger partial charge in [0.2, 0.25) is 11.8 Å². The number of anilines is 1. The summed E-state index contributed by atoms with van der Waals surface area (Å²) in [5.74, 6) is -0.181. The van der Waals surface area contributed by atoms with Crippen molar-refractivity contribution in [3.8, 4) is 0 Å². The van der Waals surface area contributed by atoms with Crippen LogP contribution in [0, 0.1) is 19.8 Å². The van der Waals surface area contributed by atoms with Crippen LogP contribution in [0.15, 0.2) is 18.2 Å². The number of amides is 2. The van der Waals surface area contributed by atoms with Crippen molar-refractivity contribution in [2.75, 3.05) is 25.0 Å². The maximum atomic E-state index is 12.8. The Balaban J connectivity index is 1.96. The molecule has 0 unspecified atom stereocenters. The van der Waals surface area contributed by atoms with Crippen molar-refractivity contribution in [1.29, 1.82) is 0 Å². The number of para-hydroxylation sites is 1. The molecule has 2 rings (SSSR count). The maximum absolute atomic E-state index is 12.8. The smallest absolute Gasteiger partial charge is 0.243 e. The number of hydrogen-bond acceptors (Lipinski definition) is 4. The zero-order valence-corrected chi connectivity index (χ0v) is 17.3. The number of carbonyl (C=O) groups excluding carboxylic acids is 2. The van der Waals surface area contributed by atoms with Crippen molar-refractivity contribution in [1.82, 2.24) is 10.2 Å². The molecule has 2 N–H and O–H groups in total. The molecule has 6 nitrogen and oxygen atoms in total. The Hall–Kier alpha value is -1.92. The molecule has 0 bridgehead atoms. The molecule has 6 heteroatoms. The predicted molar refractivity (Wildman–Crippen MR) is 108 cm³/mol. The van der Waals surface area contributed by atoms with Crippen LogP contribution in [-0.4, -0.2) is 54.6 Å². The Morgan fingerprint density at radius 1 is 1.15 bits per heavy atom. The highest BCUT2D eigenvalue weighted by Gasteiger charge is 2.34. The summed E-state index contributed by atoms with van der Waals surface area (Å²) in [6.45, 7) is 13.4. The van der Waals surface area contributed by atoms with Crippen LogP contribution in [0.25, 0.3) is 0 Å². The van der Waals surface area contributed by atoms with Gasteiger partial charge in [-0.25, -0.2) is 0 Å². The molecule has 1 saturated heterocycles. The fourth-order valence-corrected chi connectivity index (χ4v) is 3.80. The summed E-state index contributed by atoms with van der Waals surface area (Å²) < 4.78 is 5.78. The van der Waals surface area contributed by atoms with Crippen molar-refractivity contribution in [2.45, 2.75) is 59.8 Å². The lowest BCUT2D eigenvalue weighted by atomic mass is 9.99. The van der Waals surface area contributed by atoms with Gasteiger partial charge in [-0.3, -0.25) is 14.5 Å². The second-order valence-corrected chi connectivity index (χ2v) is 7.93. The minimum absolute atomic E-state index is 0.0364. The van der Waals surface area contributed by atoms with E-state index in [1.807, 2.05) is 59.7 Å². The van der Waals surface area contributed by atoms with Crippen LogP contribution in [0.1, 0.15) is 38.8 Å². The lowest BCUT2D eigenvalue weighted by molar-refractivity contribution is -0.136. The summed E-state index contributed by atoms with van der Waals surface area (Å²) in [6, 6.07) is 5.60. The number of rotatable bonds is 6. The van der Waals surface area contributed by atoms with Gasteiger partial charge in [-0.15, -0.1) is 0 Å². The van der Waals surface area contributed by atoms with Gasteiger partial charge in [0.25, 0.3) is 0 Å². The molecule has 0 aromatic heterocycles. The van der Waals surface area contributed by atoms with Gasteiger partial charge >= 0.3 is 0 Å². The maximum Gasteiger partial charge on any atom is 0.243 e. The summed E-state index contributed by atoms with van der Waals surface area (Å²) in [5, 5.41) is 5.72. The van der Waals surface area contributed by atoms with Crippen molar-refractivity contribution >= 4 is 17.5 Å². The zero-order valence-electron chi connectivity index (χ0n) is 17.3. The highest BCUT2D eigenvalue weighted by atomic mass is 16.5. The van der Waals surface area contributed by atoms with Crippen LogP contribution in [0.2, 0.25) is 0 Å². The predicted octanol–water partition coefficient (Wildman–Crippen LogP) is 2.49. The molecular formula is C21H33N3O3. The first-order valence-electron chi connectivity index (χ1n) is 9.72. The van der Waals surface area contributed by atoms with E-state index in [1.165, 1.54) is 0 Å². The van der Waals surface area contributed by atoms with Crippen LogP contribution in [0.3, 0.4) is 0 Å². The van der Waals surface area contributed by atoms with Crippen LogP contribution < -0.4 is 10.6 Å². The van der Waals surface area contributed by atoms with E-state index in [0.717, 1.165) is 29.9 Å². The standard InChI is InChI=1S/C21H33N3O3/c1-13(2)20(24-11-16(5)27-17(6)12-24)21(26)22-10-18(25)23-19-14(3)8-7-9-15(19)4/h7-9,13,16-17,20H,10-12H2,1-6H3,(H,22,26)(H,23,25)/t16-,17-,20-/m0/s1. The summed E-state index contributed by atoms with van der Waals surface area (Å²) in [4.78, 5) is 27.3. The van der Waals surface area contributed by atoms with Crippen LogP contribution in [0.4, 0.5) is 5.69 Å². The normalized spacial score (nSPS) is 21.7. The van der Waals surface area contributed by atoms with Crippen molar-refractivity contribution < 1.29 is 14.3 Å². The van der Waals surface area contributed by atoms with Gasteiger partial charge in [0.05, 0.1) is 24.8 Å². The fraction of sp³-hybridized carbons (Fsp3) is 0.619. The number of hydrogen-bond donors (Lipinski definition) is 2. The average Bonchev–Trinajstić information content (AvgIpc) is 2.55. The molecule has 0 radical (unpaired) electrons. The number of nitrogens with zero attached hydrogens (tertiary/aromatic N) is 1. The van der Waals surface area contributed by atoms with Crippen LogP contribution >= 0.6 is 0 Å². The Morgan fingerprint density at radius 2 is 1.70 bits per heavy atom. The SMILES string of the molecule is Cc1cccc(C)c1NC(=O)CNC(=O)[C@H](C(C)C)N1C[C@H](C)O[C@@H](C)C1. The monoisotopic (exact) mass is 375 g/mol. The molecule has 0 saturated carbocycles. The molecule has 0 aliphatic carbocycles. The largest absolute Gasteiger partial charge is 0.373 e. The molecule has 1 heterocycles. The molecule has 1 aromatic carbocycles. The molecule has 150 valence electrons. The highest BCUT2D eigenvalue weighted by Crippen LogP contribution is 2.20. The Labute approximate surface area is 162 Å². The Bertz CT molecular complexity index is 644. The number of aryl methyl sites for hydroxylation is 2. The van der Waals surface area contributed by atoms with Crippen molar-refractivity contribution in [3.05, 3.63) is 29.3 Å². The number of carbonyl (C=O) groups is 2. The summed E-state index contributed by atoms with van der Waals surface area (Å²) in [5.41, 5.74) is 2.82. The molecule has 1 fully saturated rings. The second-order valence-electron chi connectivity index (χ2n) is 7.93. The van der Waals surface area contributed by atoms with Crippen LogP contribution in [0.5, 0.6) is 0 Å². The van der Waals surface area contributed by atoms with Crippen molar-refractivity contribution in [3.63, 3.8) is 0 Å². The molecule has 1 aliphatic rings. The third kappa shape index (κ3) is 5.78. The van der Waals surface area contributed by atoms with E-state index in [2.05, 4.69) is 15.5 Å². The number of nitrogens with one attached hydrogen (secondary N) is 2. The average molecular weight is 376 g/mol. The van der Waals surface area contributed by atoms with Gasteiger partial charge < -0.3 is 15.4 Å². The van der Waals surface area contributed by atoms with Gasteiger partial charge in [-0.2, -0.15) is 0 Å². The first-order valence-corrected chi connectivity index (χ1v) is 9.72. The number of benzene rings is 1. The van der Waals surface area contributed by atoms with Gasteiger partial charge in [0, 0.05) is 18.8 Å². The lowest BCUT2D eigenvalue weighted by Gasteiger charge is -2.40. The molecule has 3 atom stereocenters. The minimum atomic E-state index is -0.271. The molecule has 1 aromatic rings. The Kier molecular flexibility index (Phi) is 7.39. The molecule has 27 heavy (non-hydrogen) atoms.